The molecule has 118 valence electrons. The summed E-state index contributed by atoms with van der Waals surface area (Å²) in [4.78, 5) is 0. The van der Waals surface area contributed by atoms with E-state index >= 15 is 0 Å². The number of halogens is 1. The molecule has 0 radical (unpaired) electrons. The number of hydrogen-bond acceptors (Lipinski definition) is 4. The molecular formula is C17H20FNO3. The minimum Gasteiger partial charge on any atom is -0.493 e. The Morgan fingerprint density at radius 1 is 0.955 bits per heavy atom. The lowest BCUT2D eigenvalue weighted by atomic mass is 10.1. The topological polar surface area (TPSA) is 50.7 Å². The Morgan fingerprint density at radius 3 is 2.23 bits per heavy atom. The minimum absolute atomic E-state index is 0.296. The Labute approximate surface area is 129 Å². The Balaban J connectivity index is 1.96. The predicted molar refractivity (Wildman–Crippen MR) is 82.4 cm³/mol. The second-order valence-corrected chi connectivity index (χ2v) is 4.88. The van der Waals surface area contributed by atoms with Crippen LogP contribution in [0.1, 0.15) is 16.7 Å². The van der Waals surface area contributed by atoms with Gasteiger partial charge in [-0.2, -0.15) is 0 Å². The Kier molecular flexibility index (Phi) is 5.75. The number of aliphatic hydroxyl groups is 1. The van der Waals surface area contributed by atoms with Crippen LogP contribution in [0.5, 0.6) is 11.5 Å². The smallest absolute Gasteiger partial charge is 0.161 e. The van der Waals surface area contributed by atoms with Crippen molar-refractivity contribution in [1.82, 2.24) is 5.32 Å². The number of benzene rings is 2. The van der Waals surface area contributed by atoms with E-state index in [0.29, 0.717) is 30.2 Å². The molecule has 0 saturated heterocycles. The van der Waals surface area contributed by atoms with Gasteiger partial charge in [-0.1, -0.05) is 12.1 Å². The van der Waals surface area contributed by atoms with Gasteiger partial charge in [0.05, 0.1) is 20.8 Å². The van der Waals surface area contributed by atoms with Crippen LogP contribution in [0.3, 0.4) is 0 Å². The standard InChI is InChI=1S/C17H20FNO3/c1-21-16-6-4-13(8-17(16)22-2)10-19-9-12-3-5-15(18)14(7-12)11-20/h3-8,19-20H,9-11H2,1-2H3. The molecule has 0 atom stereocenters. The van der Waals surface area contributed by atoms with Crippen molar-refractivity contribution in [1.29, 1.82) is 0 Å². The molecule has 0 amide bonds. The van der Waals surface area contributed by atoms with Crippen LogP contribution in [0, 0.1) is 5.82 Å². The summed E-state index contributed by atoms with van der Waals surface area (Å²) >= 11 is 0. The van der Waals surface area contributed by atoms with Crippen LogP contribution in [0.4, 0.5) is 4.39 Å². The van der Waals surface area contributed by atoms with Gasteiger partial charge in [0, 0.05) is 18.7 Å². The third-order valence-electron chi connectivity index (χ3n) is 3.39. The molecule has 0 aliphatic heterocycles. The van der Waals surface area contributed by atoms with E-state index in [1.807, 2.05) is 18.2 Å². The summed E-state index contributed by atoms with van der Waals surface area (Å²) in [6.45, 7) is 0.934. The average Bonchev–Trinajstić information content (AvgIpc) is 2.56. The summed E-state index contributed by atoms with van der Waals surface area (Å²) in [7, 11) is 3.20. The lowest BCUT2D eigenvalue weighted by Gasteiger charge is -2.11. The van der Waals surface area contributed by atoms with Crippen molar-refractivity contribution in [2.45, 2.75) is 19.7 Å². The maximum Gasteiger partial charge on any atom is 0.161 e. The fraction of sp³-hybridized carbons (Fsp3) is 0.294. The van der Waals surface area contributed by atoms with Crippen LogP contribution in [-0.2, 0) is 19.7 Å². The molecule has 0 heterocycles. The molecule has 0 aliphatic rings. The molecule has 0 aliphatic carbocycles. The highest BCUT2D eigenvalue weighted by atomic mass is 19.1. The van der Waals surface area contributed by atoms with Crippen molar-refractivity contribution >= 4 is 0 Å². The maximum atomic E-state index is 13.3. The average molecular weight is 305 g/mol. The molecule has 2 N–H and O–H groups in total. The van der Waals surface area contributed by atoms with E-state index in [9.17, 15) is 4.39 Å². The number of aliphatic hydroxyl groups excluding tert-OH is 1. The largest absolute Gasteiger partial charge is 0.493 e. The quantitative estimate of drug-likeness (QED) is 0.825. The van der Waals surface area contributed by atoms with Crippen molar-refractivity contribution in [2.24, 2.45) is 0 Å². The van der Waals surface area contributed by atoms with Crippen molar-refractivity contribution in [2.75, 3.05) is 14.2 Å². The number of hydrogen-bond donors (Lipinski definition) is 2. The Bertz CT molecular complexity index is 631. The van der Waals surface area contributed by atoms with E-state index in [1.165, 1.54) is 6.07 Å². The van der Waals surface area contributed by atoms with Gasteiger partial charge >= 0.3 is 0 Å². The van der Waals surface area contributed by atoms with Gasteiger partial charge in [-0.05, 0) is 35.4 Å². The van der Waals surface area contributed by atoms with E-state index in [4.69, 9.17) is 14.6 Å². The normalized spacial score (nSPS) is 10.5. The van der Waals surface area contributed by atoms with Crippen molar-refractivity contribution < 1.29 is 19.0 Å². The lowest BCUT2D eigenvalue weighted by molar-refractivity contribution is 0.275. The van der Waals surface area contributed by atoms with Crippen molar-refractivity contribution in [3.8, 4) is 11.5 Å². The molecule has 4 nitrogen and oxygen atoms in total. The molecule has 2 aromatic carbocycles. The Hall–Kier alpha value is -2.11. The summed E-state index contributed by atoms with van der Waals surface area (Å²) in [5.41, 5.74) is 2.29. The van der Waals surface area contributed by atoms with Gasteiger partial charge in [-0.3, -0.25) is 0 Å². The molecule has 0 saturated carbocycles. The number of methoxy groups -OCH3 is 2. The highest BCUT2D eigenvalue weighted by molar-refractivity contribution is 5.42. The van der Waals surface area contributed by atoms with Crippen LogP contribution in [0.15, 0.2) is 36.4 Å². The van der Waals surface area contributed by atoms with E-state index in [0.717, 1.165) is 11.1 Å². The van der Waals surface area contributed by atoms with Gasteiger partial charge in [0.1, 0.15) is 5.82 Å². The van der Waals surface area contributed by atoms with Crippen LogP contribution < -0.4 is 14.8 Å². The molecule has 0 unspecified atom stereocenters. The first kappa shape index (κ1) is 16.3. The van der Waals surface area contributed by atoms with Gasteiger partial charge in [0.2, 0.25) is 0 Å². The van der Waals surface area contributed by atoms with Gasteiger partial charge < -0.3 is 19.9 Å². The molecule has 5 heteroatoms. The minimum atomic E-state index is -0.383. The number of nitrogens with one attached hydrogen (secondary N) is 1. The first-order chi connectivity index (χ1) is 10.7. The monoisotopic (exact) mass is 305 g/mol. The second kappa shape index (κ2) is 7.77. The first-order valence-corrected chi connectivity index (χ1v) is 6.97. The summed E-state index contributed by atoms with van der Waals surface area (Å²) in [6, 6.07) is 10.5. The molecule has 22 heavy (non-hydrogen) atoms. The number of ether oxygens (including phenoxy) is 2. The molecule has 2 aromatic rings. The first-order valence-electron chi connectivity index (χ1n) is 6.97. The van der Waals surface area contributed by atoms with Gasteiger partial charge in [-0.15, -0.1) is 0 Å². The molecule has 2 rings (SSSR count). The number of rotatable bonds is 7. The fourth-order valence-electron chi connectivity index (χ4n) is 2.20. The molecule has 0 spiro atoms. The highest BCUT2D eigenvalue weighted by Crippen LogP contribution is 2.27. The molecule has 0 fully saturated rings. The zero-order valence-corrected chi connectivity index (χ0v) is 12.7. The summed E-state index contributed by atoms with van der Waals surface area (Å²) < 4.78 is 23.8. The second-order valence-electron chi connectivity index (χ2n) is 4.88. The van der Waals surface area contributed by atoms with E-state index in [1.54, 1.807) is 26.4 Å². The van der Waals surface area contributed by atoms with Gasteiger partial charge in [-0.25, -0.2) is 4.39 Å². The van der Waals surface area contributed by atoms with Crippen LogP contribution in [0.25, 0.3) is 0 Å². The summed E-state index contributed by atoms with van der Waals surface area (Å²) in [5.74, 6) is 0.995. The van der Waals surface area contributed by atoms with Gasteiger partial charge in [0.15, 0.2) is 11.5 Å². The summed E-state index contributed by atoms with van der Waals surface area (Å²) in [5, 5.41) is 12.3. The molecular weight excluding hydrogens is 285 g/mol. The van der Waals surface area contributed by atoms with E-state index in [2.05, 4.69) is 5.32 Å². The zero-order chi connectivity index (χ0) is 15.9. The highest BCUT2D eigenvalue weighted by Gasteiger charge is 2.05. The van der Waals surface area contributed by atoms with E-state index < -0.39 is 0 Å². The van der Waals surface area contributed by atoms with Crippen LogP contribution >= 0.6 is 0 Å². The lowest BCUT2D eigenvalue weighted by Crippen LogP contribution is -2.13. The van der Waals surface area contributed by atoms with Gasteiger partial charge in [0.25, 0.3) is 0 Å². The van der Waals surface area contributed by atoms with Crippen LogP contribution in [0.2, 0.25) is 0 Å². The SMILES string of the molecule is COc1ccc(CNCc2ccc(F)c(CO)c2)cc1OC. The molecule has 0 bridgehead atoms. The third-order valence-corrected chi connectivity index (χ3v) is 3.39. The van der Waals surface area contributed by atoms with Crippen molar-refractivity contribution in [3.63, 3.8) is 0 Å². The summed E-state index contributed by atoms with van der Waals surface area (Å²) in [6.07, 6.45) is 0. The molecule has 0 aromatic heterocycles. The Morgan fingerprint density at radius 2 is 1.59 bits per heavy atom. The zero-order valence-electron chi connectivity index (χ0n) is 12.7. The third kappa shape index (κ3) is 3.96. The van der Waals surface area contributed by atoms with E-state index in [-0.39, 0.29) is 12.4 Å². The van der Waals surface area contributed by atoms with Crippen molar-refractivity contribution in [3.05, 3.63) is 58.9 Å². The van der Waals surface area contributed by atoms with Crippen LogP contribution in [-0.4, -0.2) is 19.3 Å². The maximum absolute atomic E-state index is 13.3. The predicted octanol–water partition coefficient (Wildman–Crippen LogP) is 2.63. The fourth-order valence-corrected chi connectivity index (χ4v) is 2.20.